The monoisotopic (exact) mass is 249 g/mol. The van der Waals surface area contributed by atoms with Crippen molar-refractivity contribution in [2.75, 3.05) is 11.4 Å². The largest absolute Gasteiger partial charge is 0.392 e. The third-order valence-electron chi connectivity index (χ3n) is 2.99. The molecule has 18 heavy (non-hydrogen) atoms. The zero-order chi connectivity index (χ0) is 13.3. The predicted octanol–water partition coefficient (Wildman–Crippen LogP) is -0.266. The second-order valence-electron chi connectivity index (χ2n) is 4.36. The van der Waals surface area contributed by atoms with Crippen LogP contribution in [-0.4, -0.2) is 34.5 Å². The number of aromatic nitrogens is 1. The number of hydrogen-bond acceptors (Lipinski definition) is 5. The van der Waals surface area contributed by atoms with Gasteiger partial charge in [-0.2, -0.15) is 0 Å². The maximum atomic E-state index is 11.6. The van der Waals surface area contributed by atoms with E-state index in [1.807, 2.05) is 6.92 Å². The van der Waals surface area contributed by atoms with E-state index < -0.39 is 6.04 Å². The summed E-state index contributed by atoms with van der Waals surface area (Å²) >= 11 is 0. The lowest BCUT2D eigenvalue weighted by atomic mass is 10.1. The van der Waals surface area contributed by atoms with E-state index in [-0.39, 0.29) is 25.0 Å². The summed E-state index contributed by atoms with van der Waals surface area (Å²) in [4.78, 5) is 28.9. The van der Waals surface area contributed by atoms with E-state index in [1.165, 1.54) is 0 Å². The number of piperazine rings is 1. The van der Waals surface area contributed by atoms with Crippen LogP contribution in [0.4, 0.5) is 5.82 Å². The number of nitrogens with one attached hydrogen (secondary N) is 1. The van der Waals surface area contributed by atoms with Crippen LogP contribution in [0, 0.1) is 6.92 Å². The molecule has 0 saturated carbocycles. The van der Waals surface area contributed by atoms with Crippen molar-refractivity contribution < 1.29 is 14.7 Å². The zero-order valence-corrected chi connectivity index (χ0v) is 10.3. The molecule has 1 unspecified atom stereocenters. The van der Waals surface area contributed by atoms with E-state index in [0.29, 0.717) is 11.4 Å². The second kappa shape index (κ2) is 4.73. The van der Waals surface area contributed by atoms with Crippen molar-refractivity contribution in [3.05, 3.63) is 23.4 Å². The molecule has 0 aliphatic carbocycles. The van der Waals surface area contributed by atoms with Gasteiger partial charge in [-0.05, 0) is 31.0 Å². The summed E-state index contributed by atoms with van der Waals surface area (Å²) in [6, 6.07) is 1.36. The Bertz CT molecular complexity index is 501. The van der Waals surface area contributed by atoms with Crippen molar-refractivity contribution >= 4 is 17.6 Å². The summed E-state index contributed by atoms with van der Waals surface area (Å²) in [6.45, 7) is 3.59. The molecule has 1 aliphatic rings. The molecule has 1 atom stereocenters. The van der Waals surface area contributed by atoms with E-state index in [4.69, 9.17) is 5.11 Å². The predicted molar refractivity (Wildman–Crippen MR) is 64.9 cm³/mol. The van der Waals surface area contributed by atoms with Gasteiger partial charge in [-0.25, -0.2) is 4.98 Å². The molecule has 6 nitrogen and oxygen atoms in total. The fourth-order valence-electron chi connectivity index (χ4n) is 1.99. The van der Waals surface area contributed by atoms with Crippen molar-refractivity contribution in [2.24, 2.45) is 0 Å². The van der Waals surface area contributed by atoms with Gasteiger partial charge in [0, 0.05) is 6.20 Å². The average Bonchev–Trinajstić information content (AvgIpc) is 2.34. The Balaban J connectivity index is 2.35. The molecule has 6 heteroatoms. The number of pyridine rings is 1. The average molecular weight is 249 g/mol. The van der Waals surface area contributed by atoms with Gasteiger partial charge >= 0.3 is 0 Å². The van der Waals surface area contributed by atoms with Gasteiger partial charge in [-0.1, -0.05) is 0 Å². The van der Waals surface area contributed by atoms with Crippen LogP contribution >= 0.6 is 0 Å². The number of aliphatic hydroxyl groups excluding tert-OH is 1. The fraction of sp³-hybridized carbons (Fsp3) is 0.417. The summed E-state index contributed by atoms with van der Waals surface area (Å²) < 4.78 is 0. The van der Waals surface area contributed by atoms with Crippen LogP contribution in [0.25, 0.3) is 0 Å². The Morgan fingerprint density at radius 2 is 2.28 bits per heavy atom. The van der Waals surface area contributed by atoms with Crippen LogP contribution in [-0.2, 0) is 16.2 Å². The van der Waals surface area contributed by atoms with Crippen molar-refractivity contribution in [3.63, 3.8) is 0 Å². The quantitative estimate of drug-likeness (QED) is 0.705. The smallest absolute Gasteiger partial charge is 0.249 e. The molecular formula is C12H15N3O3. The maximum Gasteiger partial charge on any atom is 0.249 e. The molecule has 2 amide bonds. The highest BCUT2D eigenvalue weighted by Gasteiger charge is 2.31. The first kappa shape index (κ1) is 12.5. The number of rotatable bonds is 2. The van der Waals surface area contributed by atoms with E-state index in [2.05, 4.69) is 10.3 Å². The Morgan fingerprint density at radius 1 is 1.56 bits per heavy atom. The lowest BCUT2D eigenvalue weighted by molar-refractivity contribution is -0.132. The minimum Gasteiger partial charge on any atom is -0.392 e. The molecule has 1 aliphatic heterocycles. The first-order valence-corrected chi connectivity index (χ1v) is 5.69. The molecule has 1 fully saturated rings. The van der Waals surface area contributed by atoms with Gasteiger partial charge in [-0.15, -0.1) is 0 Å². The maximum absolute atomic E-state index is 11.6. The van der Waals surface area contributed by atoms with Crippen LogP contribution in [0.2, 0.25) is 0 Å². The lowest BCUT2D eigenvalue weighted by Crippen LogP contribution is -2.57. The number of aryl methyl sites for hydroxylation is 1. The Morgan fingerprint density at radius 3 is 2.89 bits per heavy atom. The SMILES string of the molecule is Cc1cc(CO)cnc1N1CC(=O)NC(=O)C1C. The van der Waals surface area contributed by atoms with Gasteiger partial charge in [0.1, 0.15) is 11.9 Å². The molecule has 2 rings (SSSR count). The molecule has 0 bridgehead atoms. The third-order valence-corrected chi connectivity index (χ3v) is 2.99. The summed E-state index contributed by atoms with van der Waals surface area (Å²) in [5, 5.41) is 11.3. The Hall–Kier alpha value is -1.95. The summed E-state index contributed by atoms with van der Waals surface area (Å²) in [5.74, 6) is -0.0490. The normalized spacial score (nSPS) is 19.9. The highest BCUT2D eigenvalue weighted by molar-refractivity contribution is 6.04. The number of carbonyl (C=O) groups excluding carboxylic acids is 2. The highest BCUT2D eigenvalue weighted by Crippen LogP contribution is 2.21. The second-order valence-corrected chi connectivity index (χ2v) is 4.36. The summed E-state index contributed by atoms with van der Waals surface area (Å²) in [6.07, 6.45) is 1.55. The van der Waals surface area contributed by atoms with E-state index in [0.717, 1.165) is 5.56 Å². The first-order valence-electron chi connectivity index (χ1n) is 5.69. The summed E-state index contributed by atoms with van der Waals surface area (Å²) in [7, 11) is 0. The third kappa shape index (κ3) is 2.19. The molecule has 1 aromatic heterocycles. The van der Waals surface area contributed by atoms with Gasteiger partial charge in [-0.3, -0.25) is 14.9 Å². The molecule has 2 heterocycles. The van der Waals surface area contributed by atoms with Crippen molar-refractivity contribution in [1.82, 2.24) is 10.3 Å². The number of aliphatic hydroxyl groups is 1. The molecule has 1 saturated heterocycles. The van der Waals surface area contributed by atoms with E-state index in [9.17, 15) is 9.59 Å². The number of hydrogen-bond donors (Lipinski definition) is 2. The van der Waals surface area contributed by atoms with Crippen molar-refractivity contribution in [3.8, 4) is 0 Å². The Kier molecular flexibility index (Phi) is 3.29. The number of anilines is 1. The zero-order valence-electron chi connectivity index (χ0n) is 10.3. The van der Waals surface area contributed by atoms with Crippen LogP contribution in [0.5, 0.6) is 0 Å². The van der Waals surface area contributed by atoms with E-state index in [1.54, 1.807) is 24.1 Å². The molecular weight excluding hydrogens is 234 g/mol. The van der Waals surface area contributed by atoms with Crippen LogP contribution in [0.1, 0.15) is 18.1 Å². The molecule has 96 valence electrons. The first-order chi connectivity index (χ1) is 8.52. The highest BCUT2D eigenvalue weighted by atomic mass is 16.3. The number of nitrogens with zero attached hydrogens (tertiary/aromatic N) is 2. The number of imide groups is 1. The van der Waals surface area contributed by atoms with E-state index >= 15 is 0 Å². The number of carbonyl (C=O) groups is 2. The van der Waals surface area contributed by atoms with Gasteiger partial charge in [0.15, 0.2) is 0 Å². The van der Waals surface area contributed by atoms with Gasteiger partial charge < -0.3 is 10.0 Å². The number of amides is 2. The molecule has 2 N–H and O–H groups in total. The van der Waals surface area contributed by atoms with Gasteiger partial charge in [0.25, 0.3) is 0 Å². The summed E-state index contributed by atoms with van der Waals surface area (Å²) in [5.41, 5.74) is 1.53. The molecule has 0 radical (unpaired) electrons. The molecule has 1 aromatic rings. The van der Waals surface area contributed by atoms with Gasteiger partial charge in [0.05, 0.1) is 13.2 Å². The minimum atomic E-state index is -0.436. The Labute approximate surface area is 105 Å². The van der Waals surface area contributed by atoms with Crippen LogP contribution < -0.4 is 10.2 Å². The van der Waals surface area contributed by atoms with Crippen LogP contribution in [0.15, 0.2) is 12.3 Å². The van der Waals surface area contributed by atoms with Crippen molar-refractivity contribution in [1.29, 1.82) is 0 Å². The van der Waals surface area contributed by atoms with Crippen LogP contribution in [0.3, 0.4) is 0 Å². The molecule has 0 aromatic carbocycles. The lowest BCUT2D eigenvalue weighted by Gasteiger charge is -2.33. The standard InChI is InChI=1S/C12H15N3O3/c1-7-3-9(6-16)4-13-11(7)15-5-10(17)14-12(18)8(15)2/h3-4,8,16H,5-6H2,1-2H3,(H,14,17,18). The van der Waals surface area contributed by atoms with Crippen molar-refractivity contribution in [2.45, 2.75) is 26.5 Å². The topological polar surface area (TPSA) is 82.5 Å². The van der Waals surface area contributed by atoms with Gasteiger partial charge in [0.2, 0.25) is 11.8 Å². The fourth-order valence-corrected chi connectivity index (χ4v) is 1.99. The minimum absolute atomic E-state index is 0.0803. The molecule has 0 spiro atoms.